The van der Waals surface area contributed by atoms with Gasteiger partial charge in [0.15, 0.2) is 5.13 Å². The number of nitrogens with one attached hydrogen (secondary N) is 1. The molecule has 0 spiro atoms. The van der Waals surface area contributed by atoms with Gasteiger partial charge in [0, 0.05) is 10.7 Å². The molecule has 7 heteroatoms. The van der Waals surface area contributed by atoms with Crippen molar-refractivity contribution in [2.24, 2.45) is 0 Å². The predicted molar refractivity (Wildman–Crippen MR) is 91.1 cm³/mol. The summed E-state index contributed by atoms with van der Waals surface area (Å²) >= 11 is 6.98. The Morgan fingerprint density at radius 1 is 1.22 bits per heavy atom. The molecular formula is C16H11ClFN3OS. The second-order valence-corrected chi connectivity index (χ2v) is 6.11. The summed E-state index contributed by atoms with van der Waals surface area (Å²) in [5.74, 6) is -1.01. The molecule has 3 N–H and O–H groups in total. The van der Waals surface area contributed by atoms with Crippen molar-refractivity contribution in [3.8, 4) is 0 Å². The molecule has 0 atom stereocenters. The van der Waals surface area contributed by atoms with Crippen LogP contribution in [0, 0.1) is 5.82 Å². The Morgan fingerprint density at radius 2 is 2.00 bits per heavy atom. The van der Waals surface area contributed by atoms with Gasteiger partial charge in [-0.2, -0.15) is 0 Å². The number of carbonyl (C=O) groups is 1. The van der Waals surface area contributed by atoms with E-state index in [4.69, 9.17) is 17.3 Å². The van der Waals surface area contributed by atoms with E-state index in [1.165, 1.54) is 18.2 Å². The minimum atomic E-state index is -0.588. The van der Waals surface area contributed by atoms with Crippen molar-refractivity contribution in [1.82, 2.24) is 4.98 Å². The molecule has 4 nitrogen and oxygen atoms in total. The minimum Gasteiger partial charge on any atom is -0.382 e. The lowest BCUT2D eigenvalue weighted by Gasteiger charge is -2.02. The minimum absolute atomic E-state index is 0.0304. The van der Waals surface area contributed by atoms with E-state index >= 15 is 0 Å². The van der Waals surface area contributed by atoms with Crippen LogP contribution in [0.4, 0.5) is 21.0 Å². The van der Waals surface area contributed by atoms with E-state index in [1.807, 2.05) is 6.07 Å². The summed E-state index contributed by atoms with van der Waals surface area (Å²) in [5, 5.41) is 4.03. The average Bonchev–Trinajstić information content (AvgIpc) is 2.87. The fourth-order valence-corrected chi connectivity index (χ4v) is 3.05. The van der Waals surface area contributed by atoms with Crippen LogP contribution in [-0.2, 0) is 0 Å². The number of aromatic nitrogens is 1. The van der Waals surface area contributed by atoms with E-state index in [-0.39, 0.29) is 16.3 Å². The highest BCUT2D eigenvalue weighted by Gasteiger charge is 2.20. The number of thiazole rings is 1. The Hall–Kier alpha value is -2.44. The highest BCUT2D eigenvalue weighted by Crippen LogP contribution is 2.30. The molecule has 0 fully saturated rings. The molecule has 0 saturated carbocycles. The molecule has 3 rings (SSSR count). The Bertz CT molecular complexity index is 881. The van der Waals surface area contributed by atoms with E-state index < -0.39 is 11.6 Å². The number of anilines is 3. The molecule has 1 aromatic heterocycles. The standard InChI is InChI=1S/C16H11ClFN3OS/c17-9-4-3-5-10(8-9)20-16-21-15(19)14(23-16)13(22)11-6-1-2-7-12(11)18/h1-8H,19H2,(H,20,21). The van der Waals surface area contributed by atoms with Gasteiger partial charge in [-0.3, -0.25) is 4.79 Å². The number of nitrogens with zero attached hydrogens (tertiary/aromatic N) is 1. The molecule has 0 aliphatic rings. The summed E-state index contributed by atoms with van der Waals surface area (Å²) < 4.78 is 13.7. The lowest BCUT2D eigenvalue weighted by molar-refractivity contribution is 0.103. The zero-order valence-corrected chi connectivity index (χ0v) is 13.3. The van der Waals surface area contributed by atoms with Crippen molar-refractivity contribution in [3.05, 3.63) is 69.8 Å². The predicted octanol–water partition coefficient (Wildman–Crippen LogP) is 4.49. The first kappa shape index (κ1) is 15.5. The number of halogens is 2. The third-order valence-electron chi connectivity index (χ3n) is 3.05. The maximum atomic E-state index is 13.7. The van der Waals surface area contributed by atoms with Crippen molar-refractivity contribution in [3.63, 3.8) is 0 Å². The molecular weight excluding hydrogens is 337 g/mol. The summed E-state index contributed by atoms with van der Waals surface area (Å²) in [6.07, 6.45) is 0. The largest absolute Gasteiger partial charge is 0.382 e. The van der Waals surface area contributed by atoms with Crippen LogP contribution in [0.1, 0.15) is 15.2 Å². The number of hydrogen-bond donors (Lipinski definition) is 2. The monoisotopic (exact) mass is 347 g/mol. The fourth-order valence-electron chi connectivity index (χ4n) is 2.01. The number of nitrogen functional groups attached to an aromatic ring is 1. The molecule has 116 valence electrons. The SMILES string of the molecule is Nc1nc(Nc2cccc(Cl)c2)sc1C(=O)c1ccccc1F. The van der Waals surface area contributed by atoms with Crippen LogP contribution in [-0.4, -0.2) is 10.8 Å². The van der Waals surface area contributed by atoms with Crippen LogP contribution >= 0.6 is 22.9 Å². The fraction of sp³-hybridized carbons (Fsp3) is 0. The summed E-state index contributed by atoms with van der Waals surface area (Å²) in [5.41, 5.74) is 6.49. The number of rotatable bonds is 4. The smallest absolute Gasteiger partial charge is 0.209 e. The molecule has 0 aliphatic carbocycles. The molecule has 23 heavy (non-hydrogen) atoms. The summed E-state index contributed by atoms with van der Waals surface area (Å²) in [7, 11) is 0. The van der Waals surface area contributed by atoms with Crippen LogP contribution in [0.3, 0.4) is 0 Å². The number of hydrogen-bond acceptors (Lipinski definition) is 5. The number of benzene rings is 2. The molecule has 0 unspecified atom stereocenters. The lowest BCUT2D eigenvalue weighted by atomic mass is 10.1. The van der Waals surface area contributed by atoms with E-state index in [0.29, 0.717) is 10.2 Å². The highest BCUT2D eigenvalue weighted by molar-refractivity contribution is 7.18. The second-order valence-electron chi connectivity index (χ2n) is 4.68. The lowest BCUT2D eigenvalue weighted by Crippen LogP contribution is -2.04. The Balaban J connectivity index is 1.89. The highest BCUT2D eigenvalue weighted by atomic mass is 35.5. The van der Waals surface area contributed by atoms with E-state index in [1.54, 1.807) is 24.3 Å². The maximum absolute atomic E-state index is 13.7. The van der Waals surface area contributed by atoms with Gasteiger partial charge in [-0.05, 0) is 30.3 Å². The molecule has 0 radical (unpaired) electrons. The van der Waals surface area contributed by atoms with Crippen molar-refractivity contribution in [2.45, 2.75) is 0 Å². The van der Waals surface area contributed by atoms with E-state index in [2.05, 4.69) is 10.3 Å². The second kappa shape index (κ2) is 6.36. The molecule has 0 saturated heterocycles. The first-order valence-electron chi connectivity index (χ1n) is 6.62. The van der Waals surface area contributed by atoms with Crippen molar-refractivity contribution >= 4 is 45.4 Å². The quantitative estimate of drug-likeness (QED) is 0.682. The zero-order valence-electron chi connectivity index (χ0n) is 11.7. The number of ketones is 1. The third kappa shape index (κ3) is 3.33. The van der Waals surface area contributed by atoms with Crippen LogP contribution in [0.25, 0.3) is 0 Å². The van der Waals surface area contributed by atoms with Gasteiger partial charge < -0.3 is 11.1 Å². The molecule has 0 bridgehead atoms. The summed E-state index contributed by atoms with van der Waals surface area (Å²) in [6, 6.07) is 12.8. The Morgan fingerprint density at radius 3 is 2.74 bits per heavy atom. The first-order valence-corrected chi connectivity index (χ1v) is 7.82. The zero-order chi connectivity index (χ0) is 16.4. The maximum Gasteiger partial charge on any atom is 0.209 e. The summed E-state index contributed by atoms with van der Waals surface area (Å²) in [4.78, 5) is 16.7. The van der Waals surface area contributed by atoms with Gasteiger partial charge in [-0.25, -0.2) is 9.37 Å². The number of carbonyl (C=O) groups excluding carboxylic acids is 1. The molecule has 0 aliphatic heterocycles. The van der Waals surface area contributed by atoms with Gasteiger partial charge in [0.1, 0.15) is 16.5 Å². The van der Waals surface area contributed by atoms with Crippen molar-refractivity contribution in [2.75, 3.05) is 11.1 Å². The van der Waals surface area contributed by atoms with Crippen LogP contribution in [0.5, 0.6) is 0 Å². The average molecular weight is 348 g/mol. The normalized spacial score (nSPS) is 10.5. The van der Waals surface area contributed by atoms with Gasteiger partial charge in [0.05, 0.1) is 5.56 Å². The van der Waals surface area contributed by atoms with Crippen LogP contribution < -0.4 is 11.1 Å². The van der Waals surface area contributed by atoms with Crippen LogP contribution in [0.2, 0.25) is 5.02 Å². The van der Waals surface area contributed by atoms with Gasteiger partial charge in [0.2, 0.25) is 5.78 Å². The van der Waals surface area contributed by atoms with Gasteiger partial charge >= 0.3 is 0 Å². The van der Waals surface area contributed by atoms with Crippen molar-refractivity contribution < 1.29 is 9.18 Å². The van der Waals surface area contributed by atoms with E-state index in [0.717, 1.165) is 17.0 Å². The molecule has 1 heterocycles. The first-order chi connectivity index (χ1) is 11.0. The molecule has 3 aromatic rings. The number of nitrogens with two attached hydrogens (primary N) is 1. The Labute approximate surface area is 140 Å². The van der Waals surface area contributed by atoms with Gasteiger partial charge in [-0.15, -0.1) is 0 Å². The Kier molecular flexibility index (Phi) is 4.27. The molecule has 2 aromatic carbocycles. The van der Waals surface area contributed by atoms with Gasteiger partial charge in [-0.1, -0.05) is 41.1 Å². The van der Waals surface area contributed by atoms with Gasteiger partial charge in [0.25, 0.3) is 0 Å². The topological polar surface area (TPSA) is 68.0 Å². The van der Waals surface area contributed by atoms with E-state index in [9.17, 15) is 9.18 Å². The summed E-state index contributed by atoms with van der Waals surface area (Å²) in [6.45, 7) is 0. The van der Waals surface area contributed by atoms with Crippen molar-refractivity contribution in [1.29, 1.82) is 0 Å². The third-order valence-corrected chi connectivity index (χ3v) is 4.27. The molecule has 0 amide bonds. The van der Waals surface area contributed by atoms with Crippen LogP contribution in [0.15, 0.2) is 48.5 Å².